The average Bonchev–Trinajstić information content (AvgIpc) is 2.80. The predicted molar refractivity (Wildman–Crippen MR) is 70.2 cm³/mol. The first-order valence-electron chi connectivity index (χ1n) is 6.15. The summed E-state index contributed by atoms with van der Waals surface area (Å²) in [6, 6.07) is 5.31. The number of halogens is 1. The minimum atomic E-state index is -0.222. The van der Waals surface area contributed by atoms with Crippen molar-refractivity contribution in [2.45, 2.75) is 26.3 Å². The van der Waals surface area contributed by atoms with Gasteiger partial charge in [-0.05, 0) is 31.0 Å². The third-order valence-corrected chi connectivity index (χ3v) is 2.86. The topological polar surface area (TPSA) is 77.0 Å². The largest absolute Gasteiger partial charge is 0.408 e. The fraction of sp³-hybridized carbons (Fsp3) is 0.385. The molecule has 0 aliphatic heterocycles. The maximum atomic E-state index is 13.5. The molecule has 0 radical (unpaired) electrons. The molecule has 0 bridgehead atoms. The summed E-state index contributed by atoms with van der Waals surface area (Å²) in [4.78, 5) is 0. The Morgan fingerprint density at radius 3 is 2.89 bits per heavy atom. The molecule has 0 aliphatic carbocycles. The summed E-state index contributed by atoms with van der Waals surface area (Å²) in [6.07, 6.45) is 0.544. The lowest BCUT2D eigenvalue weighted by atomic mass is 10.1. The Morgan fingerprint density at radius 1 is 1.42 bits per heavy atom. The maximum Gasteiger partial charge on any atom is 0.315 e. The first-order valence-corrected chi connectivity index (χ1v) is 6.15. The lowest BCUT2D eigenvalue weighted by Gasteiger charge is -2.12. The van der Waals surface area contributed by atoms with Gasteiger partial charge in [-0.1, -0.05) is 17.2 Å². The van der Waals surface area contributed by atoms with Crippen LogP contribution >= 0.6 is 0 Å². The predicted octanol–water partition coefficient (Wildman–Crippen LogP) is 2.19. The van der Waals surface area contributed by atoms with Gasteiger partial charge >= 0.3 is 6.01 Å². The van der Waals surface area contributed by atoms with Gasteiger partial charge in [-0.25, -0.2) is 4.39 Å². The molecule has 2 rings (SSSR count). The smallest absolute Gasteiger partial charge is 0.315 e. The zero-order chi connectivity index (χ0) is 13.8. The molecule has 1 unspecified atom stereocenters. The van der Waals surface area contributed by atoms with Gasteiger partial charge in [-0.15, -0.1) is 5.10 Å². The van der Waals surface area contributed by atoms with E-state index in [2.05, 4.69) is 15.5 Å². The fourth-order valence-corrected chi connectivity index (χ4v) is 1.68. The zero-order valence-electron chi connectivity index (χ0n) is 11.0. The van der Waals surface area contributed by atoms with Gasteiger partial charge in [-0.2, -0.15) is 0 Å². The van der Waals surface area contributed by atoms with Crippen LogP contribution in [0.4, 0.5) is 10.4 Å². The van der Waals surface area contributed by atoms with Crippen molar-refractivity contribution < 1.29 is 8.81 Å². The van der Waals surface area contributed by atoms with Crippen LogP contribution in [0, 0.1) is 12.7 Å². The Labute approximate surface area is 111 Å². The standard InChI is InChI=1S/C13H17FN4O/c1-8-3-4-10(7-11(8)14)9(2)16-13-18-17-12(19-13)5-6-15/h3-4,7,9H,5-6,15H2,1-2H3,(H,16,18). The fourth-order valence-electron chi connectivity index (χ4n) is 1.68. The van der Waals surface area contributed by atoms with E-state index in [1.165, 1.54) is 6.07 Å². The maximum absolute atomic E-state index is 13.5. The van der Waals surface area contributed by atoms with Crippen LogP contribution in [0.3, 0.4) is 0 Å². The van der Waals surface area contributed by atoms with Crippen LogP contribution in [-0.2, 0) is 6.42 Å². The molecule has 1 aromatic heterocycles. The summed E-state index contributed by atoms with van der Waals surface area (Å²) in [7, 11) is 0. The van der Waals surface area contributed by atoms with Gasteiger partial charge in [0.2, 0.25) is 5.89 Å². The van der Waals surface area contributed by atoms with Crippen LogP contribution in [0.5, 0.6) is 0 Å². The molecule has 102 valence electrons. The molecule has 6 heteroatoms. The molecule has 1 aromatic carbocycles. The highest BCUT2D eigenvalue weighted by Crippen LogP contribution is 2.20. The van der Waals surface area contributed by atoms with E-state index in [0.717, 1.165) is 5.56 Å². The van der Waals surface area contributed by atoms with Crippen LogP contribution < -0.4 is 11.1 Å². The lowest BCUT2D eigenvalue weighted by molar-refractivity contribution is 0.501. The van der Waals surface area contributed by atoms with Crippen LogP contribution in [0.15, 0.2) is 22.6 Å². The summed E-state index contributed by atoms with van der Waals surface area (Å²) in [6.45, 7) is 4.09. The Hall–Kier alpha value is -1.95. The van der Waals surface area contributed by atoms with E-state index in [4.69, 9.17) is 10.2 Å². The van der Waals surface area contributed by atoms with Gasteiger partial charge in [0.15, 0.2) is 0 Å². The van der Waals surface area contributed by atoms with E-state index in [0.29, 0.717) is 30.4 Å². The van der Waals surface area contributed by atoms with Crippen molar-refractivity contribution in [2.24, 2.45) is 5.73 Å². The number of nitrogens with one attached hydrogen (secondary N) is 1. The second-order valence-corrected chi connectivity index (χ2v) is 4.41. The number of anilines is 1. The number of nitrogens with two attached hydrogens (primary N) is 1. The molecule has 0 aliphatic rings. The first kappa shape index (κ1) is 13.5. The minimum Gasteiger partial charge on any atom is -0.408 e. The Kier molecular flexibility index (Phi) is 4.11. The van der Waals surface area contributed by atoms with Crippen molar-refractivity contribution in [1.29, 1.82) is 0 Å². The van der Waals surface area contributed by atoms with Gasteiger partial charge in [0.25, 0.3) is 0 Å². The van der Waals surface area contributed by atoms with Crippen LogP contribution in [0.1, 0.15) is 30.0 Å². The Bertz CT molecular complexity index is 555. The third-order valence-electron chi connectivity index (χ3n) is 2.86. The van der Waals surface area contributed by atoms with Gasteiger partial charge in [0.05, 0.1) is 6.04 Å². The number of hydrogen-bond acceptors (Lipinski definition) is 5. The number of benzene rings is 1. The highest BCUT2D eigenvalue weighted by molar-refractivity contribution is 5.31. The van der Waals surface area contributed by atoms with Crippen molar-refractivity contribution in [2.75, 3.05) is 11.9 Å². The van der Waals surface area contributed by atoms with Gasteiger partial charge in [0.1, 0.15) is 5.82 Å². The molecule has 1 atom stereocenters. The lowest BCUT2D eigenvalue weighted by Crippen LogP contribution is -2.07. The minimum absolute atomic E-state index is 0.124. The van der Waals surface area contributed by atoms with Gasteiger partial charge in [-0.3, -0.25) is 0 Å². The van der Waals surface area contributed by atoms with Crippen LogP contribution in [0.2, 0.25) is 0 Å². The summed E-state index contributed by atoms with van der Waals surface area (Å²) in [5.41, 5.74) is 6.85. The van der Waals surface area contributed by atoms with E-state index in [-0.39, 0.29) is 11.9 Å². The average molecular weight is 264 g/mol. The molecule has 5 nitrogen and oxygen atoms in total. The number of aryl methyl sites for hydroxylation is 1. The van der Waals surface area contributed by atoms with E-state index in [1.54, 1.807) is 13.0 Å². The summed E-state index contributed by atoms with van der Waals surface area (Å²) in [5.74, 6) is 0.271. The van der Waals surface area contributed by atoms with Crippen molar-refractivity contribution in [3.63, 3.8) is 0 Å². The van der Waals surface area contributed by atoms with Gasteiger partial charge < -0.3 is 15.5 Å². The molecule has 0 saturated carbocycles. The molecule has 0 fully saturated rings. The molecule has 1 heterocycles. The van der Waals surface area contributed by atoms with E-state index in [9.17, 15) is 4.39 Å². The van der Waals surface area contributed by atoms with Crippen LogP contribution in [0.25, 0.3) is 0 Å². The quantitative estimate of drug-likeness (QED) is 0.865. The summed E-state index contributed by atoms with van der Waals surface area (Å²) < 4.78 is 18.9. The molecule has 19 heavy (non-hydrogen) atoms. The molecular formula is C13H17FN4O. The second kappa shape index (κ2) is 5.79. The Morgan fingerprint density at radius 2 is 2.21 bits per heavy atom. The second-order valence-electron chi connectivity index (χ2n) is 4.41. The number of nitrogens with zero attached hydrogens (tertiary/aromatic N) is 2. The third kappa shape index (κ3) is 3.29. The molecule has 0 amide bonds. The summed E-state index contributed by atoms with van der Waals surface area (Å²) in [5, 5.41) is 10.8. The molecule has 0 spiro atoms. The van der Waals surface area contributed by atoms with E-state index in [1.807, 2.05) is 13.0 Å². The van der Waals surface area contributed by atoms with Crippen molar-refractivity contribution in [3.05, 3.63) is 41.0 Å². The SMILES string of the molecule is Cc1ccc(C(C)Nc2nnc(CCN)o2)cc1F. The monoisotopic (exact) mass is 264 g/mol. The zero-order valence-corrected chi connectivity index (χ0v) is 11.0. The first-order chi connectivity index (χ1) is 9.10. The van der Waals surface area contributed by atoms with Gasteiger partial charge in [0, 0.05) is 13.0 Å². The van der Waals surface area contributed by atoms with Crippen LogP contribution in [-0.4, -0.2) is 16.7 Å². The Balaban J connectivity index is 2.06. The number of rotatable bonds is 5. The van der Waals surface area contributed by atoms with E-state index < -0.39 is 0 Å². The molecule has 2 aromatic rings. The molecular weight excluding hydrogens is 247 g/mol. The highest BCUT2D eigenvalue weighted by atomic mass is 19.1. The van der Waals surface area contributed by atoms with E-state index >= 15 is 0 Å². The van der Waals surface area contributed by atoms with Crippen molar-refractivity contribution in [1.82, 2.24) is 10.2 Å². The van der Waals surface area contributed by atoms with Crippen molar-refractivity contribution >= 4 is 6.01 Å². The number of aromatic nitrogens is 2. The van der Waals surface area contributed by atoms with Crippen molar-refractivity contribution in [3.8, 4) is 0 Å². The highest BCUT2D eigenvalue weighted by Gasteiger charge is 2.11. The molecule has 3 N–H and O–H groups in total. The molecule has 0 saturated heterocycles. The number of hydrogen-bond donors (Lipinski definition) is 2. The normalized spacial score (nSPS) is 12.4. The summed E-state index contributed by atoms with van der Waals surface area (Å²) >= 11 is 0.